The molecule has 1 aromatic heterocycles. The second-order valence-corrected chi connectivity index (χ2v) is 6.21. The van der Waals surface area contributed by atoms with Gasteiger partial charge in [-0.3, -0.25) is 10.1 Å². The molecule has 116 valence electrons. The third-order valence-electron chi connectivity index (χ3n) is 4.84. The van der Waals surface area contributed by atoms with Crippen molar-refractivity contribution in [3.8, 4) is 0 Å². The molecule has 1 aliphatic rings. The third kappa shape index (κ3) is 2.40. The summed E-state index contributed by atoms with van der Waals surface area (Å²) in [6, 6.07) is 17.9. The standard InChI is InChI=1S/C19H19N3O/c23-17(22-18-20-15-10-4-5-11-16(15)21-18)19(12-6-7-13-19)14-8-2-1-3-9-14/h1-5,8-11H,6-7,12-13H2,(H2,20,21,22,23). The Morgan fingerprint density at radius 1 is 1.00 bits per heavy atom. The lowest BCUT2D eigenvalue weighted by Crippen LogP contribution is -2.38. The van der Waals surface area contributed by atoms with Gasteiger partial charge in [-0.1, -0.05) is 55.3 Å². The van der Waals surface area contributed by atoms with E-state index in [0.717, 1.165) is 42.3 Å². The highest BCUT2D eigenvalue weighted by Gasteiger charge is 2.42. The summed E-state index contributed by atoms with van der Waals surface area (Å²) in [5, 5.41) is 3.01. The second kappa shape index (κ2) is 5.54. The molecule has 23 heavy (non-hydrogen) atoms. The first-order valence-electron chi connectivity index (χ1n) is 8.10. The van der Waals surface area contributed by atoms with Crippen molar-refractivity contribution in [3.05, 3.63) is 60.2 Å². The van der Waals surface area contributed by atoms with Crippen molar-refractivity contribution in [3.63, 3.8) is 0 Å². The number of carbonyl (C=O) groups excluding carboxylic acids is 1. The van der Waals surface area contributed by atoms with E-state index in [1.165, 1.54) is 0 Å². The number of aromatic nitrogens is 2. The average Bonchev–Trinajstić information content (AvgIpc) is 3.23. The molecule has 1 fully saturated rings. The maximum absolute atomic E-state index is 13.0. The van der Waals surface area contributed by atoms with Gasteiger partial charge in [-0.2, -0.15) is 0 Å². The average molecular weight is 305 g/mol. The molecule has 2 N–H and O–H groups in total. The number of hydrogen-bond acceptors (Lipinski definition) is 2. The van der Waals surface area contributed by atoms with Gasteiger partial charge in [0.1, 0.15) is 0 Å². The van der Waals surface area contributed by atoms with Crippen LogP contribution in [-0.4, -0.2) is 15.9 Å². The number of anilines is 1. The lowest BCUT2D eigenvalue weighted by atomic mass is 9.78. The Morgan fingerprint density at radius 2 is 1.70 bits per heavy atom. The van der Waals surface area contributed by atoms with Gasteiger partial charge in [0.25, 0.3) is 0 Å². The molecule has 1 saturated carbocycles. The van der Waals surface area contributed by atoms with E-state index in [-0.39, 0.29) is 5.91 Å². The smallest absolute Gasteiger partial charge is 0.237 e. The van der Waals surface area contributed by atoms with Crippen LogP contribution in [-0.2, 0) is 10.2 Å². The molecule has 0 atom stereocenters. The van der Waals surface area contributed by atoms with E-state index in [9.17, 15) is 4.79 Å². The molecule has 0 radical (unpaired) electrons. The predicted molar refractivity (Wildman–Crippen MR) is 91.3 cm³/mol. The van der Waals surface area contributed by atoms with Gasteiger partial charge in [0.2, 0.25) is 11.9 Å². The maximum Gasteiger partial charge on any atom is 0.237 e. The molecular formula is C19H19N3O. The van der Waals surface area contributed by atoms with Crippen molar-refractivity contribution >= 4 is 22.9 Å². The highest BCUT2D eigenvalue weighted by molar-refractivity contribution is 5.99. The summed E-state index contributed by atoms with van der Waals surface area (Å²) in [7, 11) is 0. The van der Waals surface area contributed by atoms with Gasteiger partial charge < -0.3 is 4.98 Å². The van der Waals surface area contributed by atoms with Crippen LogP contribution in [0.25, 0.3) is 11.0 Å². The number of hydrogen-bond donors (Lipinski definition) is 2. The van der Waals surface area contributed by atoms with Gasteiger partial charge in [-0.05, 0) is 30.5 Å². The number of H-pyrrole nitrogens is 1. The molecule has 4 rings (SSSR count). The van der Waals surface area contributed by atoms with Crippen molar-refractivity contribution in [2.24, 2.45) is 0 Å². The van der Waals surface area contributed by atoms with Crippen LogP contribution in [0.4, 0.5) is 5.95 Å². The minimum atomic E-state index is -0.430. The van der Waals surface area contributed by atoms with Crippen LogP contribution in [0, 0.1) is 0 Å². The zero-order chi connectivity index (χ0) is 15.7. The molecule has 1 aliphatic carbocycles. The van der Waals surface area contributed by atoms with Gasteiger partial charge in [0, 0.05) is 0 Å². The van der Waals surface area contributed by atoms with Crippen molar-refractivity contribution in [1.82, 2.24) is 9.97 Å². The highest BCUT2D eigenvalue weighted by Crippen LogP contribution is 2.41. The first-order valence-corrected chi connectivity index (χ1v) is 8.10. The Kier molecular flexibility index (Phi) is 3.37. The van der Waals surface area contributed by atoms with E-state index in [1.807, 2.05) is 42.5 Å². The fourth-order valence-electron chi connectivity index (χ4n) is 3.62. The van der Waals surface area contributed by atoms with E-state index in [4.69, 9.17) is 0 Å². The fourth-order valence-corrected chi connectivity index (χ4v) is 3.62. The summed E-state index contributed by atoms with van der Waals surface area (Å²) in [4.78, 5) is 20.7. The van der Waals surface area contributed by atoms with Crippen LogP contribution in [0.5, 0.6) is 0 Å². The number of amides is 1. The van der Waals surface area contributed by atoms with Gasteiger partial charge >= 0.3 is 0 Å². The van der Waals surface area contributed by atoms with Gasteiger partial charge in [-0.15, -0.1) is 0 Å². The number of carbonyl (C=O) groups is 1. The van der Waals surface area contributed by atoms with Crippen molar-refractivity contribution in [1.29, 1.82) is 0 Å². The molecular weight excluding hydrogens is 286 g/mol. The van der Waals surface area contributed by atoms with Gasteiger partial charge in [0.15, 0.2) is 0 Å². The first-order chi connectivity index (χ1) is 11.3. The van der Waals surface area contributed by atoms with Crippen molar-refractivity contribution in [2.45, 2.75) is 31.1 Å². The van der Waals surface area contributed by atoms with Crippen LogP contribution in [0.3, 0.4) is 0 Å². The Bertz CT molecular complexity index is 799. The van der Waals surface area contributed by atoms with E-state index >= 15 is 0 Å². The molecule has 0 unspecified atom stereocenters. The number of imidazole rings is 1. The quantitative estimate of drug-likeness (QED) is 0.768. The van der Waals surface area contributed by atoms with Crippen molar-refractivity contribution < 1.29 is 4.79 Å². The molecule has 0 aliphatic heterocycles. The van der Waals surface area contributed by atoms with Gasteiger partial charge in [0.05, 0.1) is 16.4 Å². The lowest BCUT2D eigenvalue weighted by molar-refractivity contribution is -0.121. The minimum Gasteiger partial charge on any atom is -0.324 e. The molecule has 4 nitrogen and oxygen atoms in total. The topological polar surface area (TPSA) is 57.8 Å². The molecule has 1 heterocycles. The van der Waals surface area contributed by atoms with Crippen LogP contribution in [0.2, 0.25) is 0 Å². The Morgan fingerprint density at radius 3 is 2.43 bits per heavy atom. The molecule has 4 heteroatoms. The zero-order valence-corrected chi connectivity index (χ0v) is 12.9. The lowest BCUT2D eigenvalue weighted by Gasteiger charge is -2.27. The molecule has 3 aromatic rings. The molecule has 1 amide bonds. The number of fused-ring (bicyclic) bond motifs is 1. The highest BCUT2D eigenvalue weighted by atomic mass is 16.2. The van der Waals surface area contributed by atoms with Crippen LogP contribution in [0.1, 0.15) is 31.2 Å². The molecule has 0 saturated heterocycles. The van der Waals surface area contributed by atoms with E-state index in [1.54, 1.807) is 0 Å². The van der Waals surface area contributed by atoms with Crippen LogP contribution in [0.15, 0.2) is 54.6 Å². The van der Waals surface area contributed by atoms with Crippen molar-refractivity contribution in [2.75, 3.05) is 5.32 Å². The van der Waals surface area contributed by atoms with E-state index in [0.29, 0.717) is 5.95 Å². The fraction of sp³-hybridized carbons (Fsp3) is 0.263. The Hall–Kier alpha value is -2.62. The van der Waals surface area contributed by atoms with Crippen LogP contribution >= 0.6 is 0 Å². The summed E-state index contributed by atoms with van der Waals surface area (Å²) in [5.41, 5.74) is 2.47. The van der Waals surface area contributed by atoms with Crippen LogP contribution < -0.4 is 5.32 Å². The molecule has 0 spiro atoms. The summed E-state index contributed by atoms with van der Waals surface area (Å²) in [6.07, 6.45) is 3.96. The Labute approximate surface area is 134 Å². The SMILES string of the molecule is O=C(Nc1nc2ccccc2[nH]1)C1(c2ccccc2)CCCC1. The number of nitrogens with one attached hydrogen (secondary N) is 2. The summed E-state index contributed by atoms with van der Waals surface area (Å²) >= 11 is 0. The minimum absolute atomic E-state index is 0.0419. The monoisotopic (exact) mass is 305 g/mol. The van der Waals surface area contributed by atoms with E-state index in [2.05, 4.69) is 27.4 Å². The number of benzene rings is 2. The van der Waals surface area contributed by atoms with E-state index < -0.39 is 5.41 Å². The zero-order valence-electron chi connectivity index (χ0n) is 12.9. The second-order valence-electron chi connectivity index (χ2n) is 6.21. The number of rotatable bonds is 3. The molecule has 0 bridgehead atoms. The van der Waals surface area contributed by atoms with Gasteiger partial charge in [-0.25, -0.2) is 4.98 Å². The molecule has 2 aromatic carbocycles. The number of nitrogens with zero attached hydrogens (tertiary/aromatic N) is 1. The maximum atomic E-state index is 13.0. The summed E-state index contributed by atoms with van der Waals surface area (Å²) in [6.45, 7) is 0. The normalized spacial score (nSPS) is 16.5. The Balaban J connectivity index is 1.66. The summed E-state index contributed by atoms with van der Waals surface area (Å²) in [5.74, 6) is 0.568. The first kappa shape index (κ1) is 14.0. The number of aromatic amines is 1. The predicted octanol–water partition coefficient (Wildman–Crippen LogP) is 4.01. The third-order valence-corrected chi connectivity index (χ3v) is 4.84. The largest absolute Gasteiger partial charge is 0.324 e. The summed E-state index contributed by atoms with van der Waals surface area (Å²) < 4.78 is 0. The number of para-hydroxylation sites is 2.